The zero-order chi connectivity index (χ0) is 23.5. The van der Waals surface area contributed by atoms with Crippen LogP contribution in [0, 0.1) is 6.92 Å². The number of anilines is 2. The van der Waals surface area contributed by atoms with Gasteiger partial charge in [-0.05, 0) is 44.7 Å². The van der Waals surface area contributed by atoms with E-state index in [1.165, 1.54) is 0 Å². The number of benzene rings is 1. The fraction of sp³-hybridized carbons (Fsp3) is 0.391. The highest BCUT2D eigenvalue weighted by Gasteiger charge is 2.25. The number of aromatic carboxylic acids is 1. The number of carbonyl (C=O) groups is 1. The molecule has 2 aromatic heterocycles. The first-order chi connectivity index (χ1) is 15.9. The van der Waals surface area contributed by atoms with Gasteiger partial charge in [-0.2, -0.15) is 9.97 Å². The van der Waals surface area contributed by atoms with Crippen LogP contribution >= 0.6 is 0 Å². The number of nitrogens with two attached hydrogens (primary N) is 1. The number of aromatic nitrogens is 3. The lowest BCUT2D eigenvalue weighted by Gasteiger charge is -2.30. The lowest BCUT2D eigenvalue weighted by Crippen LogP contribution is -2.31. The van der Waals surface area contributed by atoms with Crippen LogP contribution in [0.2, 0.25) is 0 Å². The Kier molecular flexibility index (Phi) is 6.34. The summed E-state index contributed by atoms with van der Waals surface area (Å²) >= 11 is 0. The largest absolute Gasteiger partial charge is 0.490 e. The number of nitrogen functional groups attached to an aromatic ring is 1. The highest BCUT2D eigenvalue weighted by Crippen LogP contribution is 2.35. The van der Waals surface area contributed by atoms with E-state index in [4.69, 9.17) is 19.9 Å². The molecule has 33 heavy (non-hydrogen) atoms. The molecule has 1 aromatic carbocycles. The number of ether oxygens (including phenoxy) is 3. The number of nitrogens with zero attached hydrogens (tertiary/aromatic N) is 3. The molecule has 10 nitrogen and oxygen atoms in total. The molecule has 1 saturated carbocycles. The summed E-state index contributed by atoms with van der Waals surface area (Å²) in [5.41, 5.74) is 7.43. The average molecular weight is 453 g/mol. The Bertz CT molecular complexity index is 1160. The number of pyridine rings is 1. The van der Waals surface area contributed by atoms with Crippen molar-refractivity contribution in [2.45, 2.75) is 44.8 Å². The van der Waals surface area contributed by atoms with Gasteiger partial charge in [-0.1, -0.05) is 6.07 Å². The maximum absolute atomic E-state index is 11.7. The summed E-state index contributed by atoms with van der Waals surface area (Å²) in [6.07, 6.45) is 3.29. The first-order valence-electron chi connectivity index (χ1n) is 10.7. The van der Waals surface area contributed by atoms with Gasteiger partial charge in [0, 0.05) is 6.04 Å². The van der Waals surface area contributed by atoms with Crippen molar-refractivity contribution in [1.29, 1.82) is 0 Å². The predicted octanol–water partition coefficient (Wildman–Crippen LogP) is 3.43. The van der Waals surface area contributed by atoms with E-state index in [2.05, 4.69) is 20.3 Å². The number of hydrogen-bond acceptors (Lipinski definition) is 9. The molecule has 0 radical (unpaired) electrons. The highest BCUT2D eigenvalue weighted by molar-refractivity contribution is 6.06. The SMILES string of the molecule is COc1cc(OC)nc(NC2CCC(Oc3cccc4nc(C)c(C(=O)O)c(N)c34)CC2)n1. The van der Waals surface area contributed by atoms with E-state index >= 15 is 0 Å². The van der Waals surface area contributed by atoms with Crippen molar-refractivity contribution in [1.82, 2.24) is 15.0 Å². The molecule has 10 heteroatoms. The van der Waals surface area contributed by atoms with Crippen molar-refractivity contribution in [3.63, 3.8) is 0 Å². The molecular formula is C23H27N5O5. The zero-order valence-electron chi connectivity index (χ0n) is 18.8. The fourth-order valence-electron chi connectivity index (χ4n) is 4.17. The summed E-state index contributed by atoms with van der Waals surface area (Å²) in [7, 11) is 3.09. The van der Waals surface area contributed by atoms with Gasteiger partial charge in [0.1, 0.15) is 11.3 Å². The van der Waals surface area contributed by atoms with Crippen molar-refractivity contribution in [2.24, 2.45) is 0 Å². The third kappa shape index (κ3) is 4.69. The van der Waals surface area contributed by atoms with Gasteiger partial charge in [-0.15, -0.1) is 0 Å². The Hall–Kier alpha value is -3.82. The normalized spacial score (nSPS) is 18.0. The van der Waals surface area contributed by atoms with E-state index in [-0.39, 0.29) is 23.4 Å². The van der Waals surface area contributed by atoms with E-state index < -0.39 is 5.97 Å². The molecule has 4 rings (SSSR count). The molecule has 0 saturated heterocycles. The van der Waals surface area contributed by atoms with Crippen LogP contribution in [-0.4, -0.2) is 52.4 Å². The third-order valence-electron chi connectivity index (χ3n) is 5.81. The Morgan fingerprint density at radius 3 is 2.36 bits per heavy atom. The van der Waals surface area contributed by atoms with E-state index in [9.17, 15) is 9.90 Å². The number of hydrogen-bond donors (Lipinski definition) is 3. The molecule has 1 aliphatic rings. The summed E-state index contributed by atoms with van der Waals surface area (Å²) in [4.78, 5) is 24.7. The van der Waals surface area contributed by atoms with Crippen LogP contribution in [0.1, 0.15) is 41.7 Å². The first kappa shape index (κ1) is 22.4. The van der Waals surface area contributed by atoms with E-state index in [1.807, 2.05) is 12.1 Å². The first-order valence-corrected chi connectivity index (χ1v) is 10.7. The number of methoxy groups -OCH3 is 2. The summed E-state index contributed by atoms with van der Waals surface area (Å²) in [5.74, 6) is 0.772. The molecule has 0 unspecified atom stereocenters. The minimum Gasteiger partial charge on any atom is -0.490 e. The van der Waals surface area contributed by atoms with E-state index in [1.54, 1.807) is 33.3 Å². The Morgan fingerprint density at radius 2 is 1.76 bits per heavy atom. The Balaban J connectivity index is 1.46. The maximum atomic E-state index is 11.7. The summed E-state index contributed by atoms with van der Waals surface area (Å²) in [6.45, 7) is 1.64. The zero-order valence-corrected chi connectivity index (χ0v) is 18.8. The molecule has 0 bridgehead atoms. The van der Waals surface area contributed by atoms with Crippen molar-refractivity contribution in [2.75, 3.05) is 25.3 Å². The second-order valence-electron chi connectivity index (χ2n) is 7.95. The highest BCUT2D eigenvalue weighted by atomic mass is 16.5. The number of carboxylic acid groups (broad SMARTS) is 1. The molecule has 174 valence electrons. The second-order valence-corrected chi connectivity index (χ2v) is 7.95. The number of carboxylic acids is 1. The van der Waals surface area contributed by atoms with Crippen LogP contribution < -0.4 is 25.3 Å². The van der Waals surface area contributed by atoms with Gasteiger partial charge >= 0.3 is 5.97 Å². The van der Waals surface area contributed by atoms with E-state index in [0.29, 0.717) is 40.1 Å². The fourth-order valence-corrected chi connectivity index (χ4v) is 4.17. The van der Waals surface area contributed by atoms with Gasteiger partial charge in [0.25, 0.3) is 0 Å². The standard InChI is InChI=1S/C23H27N5O5/c1-12-19(22(29)30)21(24)20-15(25-12)5-4-6-16(20)33-14-9-7-13(8-10-14)26-23-27-17(31-2)11-18(28-23)32-3/h4-6,11,13-14H,7-10H2,1-3H3,(H2,24,25)(H,29,30)(H,26,27,28). The van der Waals surface area contributed by atoms with E-state index in [0.717, 1.165) is 25.7 Å². The van der Waals surface area contributed by atoms with Gasteiger partial charge in [0.15, 0.2) is 0 Å². The number of rotatable bonds is 7. The van der Waals surface area contributed by atoms with Crippen molar-refractivity contribution < 1.29 is 24.1 Å². The van der Waals surface area contributed by atoms with Crippen molar-refractivity contribution in [3.05, 3.63) is 35.5 Å². The number of nitrogens with one attached hydrogen (secondary N) is 1. The van der Waals surface area contributed by atoms with Crippen LogP contribution in [-0.2, 0) is 0 Å². The monoisotopic (exact) mass is 453 g/mol. The van der Waals surface area contributed by atoms with Crippen LogP contribution in [0.3, 0.4) is 0 Å². The topological polar surface area (TPSA) is 142 Å². The quantitative estimate of drug-likeness (QED) is 0.487. The Morgan fingerprint density at radius 1 is 1.09 bits per heavy atom. The summed E-state index contributed by atoms with van der Waals surface area (Å²) in [5, 5.41) is 13.4. The van der Waals surface area contributed by atoms with Crippen molar-refractivity contribution >= 4 is 28.5 Å². The molecule has 1 aliphatic carbocycles. The predicted molar refractivity (Wildman–Crippen MR) is 123 cm³/mol. The summed E-state index contributed by atoms with van der Waals surface area (Å²) < 4.78 is 16.7. The molecule has 0 aliphatic heterocycles. The maximum Gasteiger partial charge on any atom is 0.339 e. The minimum atomic E-state index is -1.10. The molecule has 0 amide bonds. The van der Waals surface area contributed by atoms with Gasteiger partial charge in [0.2, 0.25) is 17.7 Å². The third-order valence-corrected chi connectivity index (χ3v) is 5.81. The summed E-state index contributed by atoms with van der Waals surface area (Å²) in [6, 6.07) is 7.26. The molecule has 1 fully saturated rings. The number of fused-ring (bicyclic) bond motifs is 1. The molecule has 0 atom stereocenters. The van der Waals surface area contributed by atoms with Crippen LogP contribution in [0.25, 0.3) is 10.9 Å². The molecule has 2 heterocycles. The van der Waals surface area contributed by atoms with Gasteiger partial charge in [-0.25, -0.2) is 4.79 Å². The van der Waals surface area contributed by atoms with Crippen LogP contribution in [0.4, 0.5) is 11.6 Å². The molecule has 4 N–H and O–H groups in total. The van der Waals surface area contributed by atoms with Gasteiger partial charge in [0.05, 0.1) is 48.7 Å². The van der Waals surface area contributed by atoms with Gasteiger partial charge < -0.3 is 30.4 Å². The van der Waals surface area contributed by atoms with Crippen LogP contribution in [0.15, 0.2) is 24.3 Å². The Labute approximate surface area is 191 Å². The molecule has 0 spiro atoms. The van der Waals surface area contributed by atoms with Crippen molar-refractivity contribution in [3.8, 4) is 17.5 Å². The number of aryl methyl sites for hydroxylation is 1. The average Bonchev–Trinajstić information content (AvgIpc) is 2.79. The lowest BCUT2D eigenvalue weighted by atomic mass is 9.93. The minimum absolute atomic E-state index is 0.0141. The lowest BCUT2D eigenvalue weighted by molar-refractivity contribution is 0.0697. The molecular weight excluding hydrogens is 426 g/mol. The smallest absolute Gasteiger partial charge is 0.339 e. The second kappa shape index (κ2) is 9.35. The van der Waals surface area contributed by atoms with Gasteiger partial charge in [-0.3, -0.25) is 4.98 Å². The van der Waals surface area contributed by atoms with Crippen LogP contribution in [0.5, 0.6) is 17.5 Å². The molecule has 3 aromatic rings.